The number of quaternary nitrogens is 1. The Morgan fingerprint density at radius 2 is 2.09 bits per heavy atom. The third-order valence-corrected chi connectivity index (χ3v) is 3.58. The van der Waals surface area contributed by atoms with E-state index in [0.717, 1.165) is 0 Å². The largest absolute Gasteiger partial charge is 0.595 e. The topological polar surface area (TPSA) is 121 Å². The zero-order valence-electron chi connectivity index (χ0n) is 12.0. The van der Waals surface area contributed by atoms with E-state index in [4.69, 9.17) is 5.21 Å². The van der Waals surface area contributed by atoms with Gasteiger partial charge < -0.3 is 15.6 Å². The number of rotatable bonds is 3. The Hall–Kier alpha value is -2.66. The van der Waals surface area contributed by atoms with Gasteiger partial charge in [0.1, 0.15) is 0 Å². The van der Waals surface area contributed by atoms with Crippen molar-refractivity contribution >= 4 is 11.7 Å². The Balaban J connectivity index is 2.66. The van der Waals surface area contributed by atoms with Crippen molar-refractivity contribution in [3.05, 3.63) is 57.6 Å². The number of hydrogen-bond acceptors (Lipinski definition) is 5. The van der Waals surface area contributed by atoms with Crippen molar-refractivity contribution in [1.82, 2.24) is 5.32 Å². The average molecular weight is 301 g/mol. The number of dihydropyridines is 1. The van der Waals surface area contributed by atoms with E-state index < -0.39 is 17.1 Å². The fourth-order valence-electron chi connectivity index (χ4n) is 2.61. The van der Waals surface area contributed by atoms with E-state index in [1.165, 1.54) is 12.1 Å². The first-order chi connectivity index (χ1) is 10.4. The van der Waals surface area contributed by atoms with Crippen molar-refractivity contribution < 1.29 is 20.3 Å². The highest BCUT2D eigenvalue weighted by molar-refractivity contribution is 5.91. The zero-order chi connectivity index (χ0) is 16.4. The van der Waals surface area contributed by atoms with Crippen LogP contribution in [0, 0.1) is 16.5 Å². The molecule has 7 heteroatoms. The highest BCUT2D eigenvalue weighted by atomic mass is 16.8. The second kappa shape index (κ2) is 5.99. The van der Waals surface area contributed by atoms with Gasteiger partial charge in [-0.3, -0.25) is 0 Å². The molecule has 0 amide bonds. The Morgan fingerprint density at radius 1 is 1.41 bits per heavy atom. The molecule has 7 nitrogen and oxygen atoms in total. The third kappa shape index (κ3) is 2.71. The molecule has 114 valence electrons. The van der Waals surface area contributed by atoms with Crippen LogP contribution in [0.1, 0.15) is 25.3 Å². The smallest absolute Gasteiger partial charge is 0.334 e. The van der Waals surface area contributed by atoms with E-state index in [9.17, 15) is 20.4 Å². The normalized spacial score (nSPS) is 19.5. The summed E-state index contributed by atoms with van der Waals surface area (Å²) in [5, 5.41) is 40.8. The standard InChI is InChI=1S/C15H15N3O4/c1-8-12(7-16)14(13(15(19)20)9(2)17-8)10-4-3-5-11(6-10)18(21)22/h3-6,14,17-18,21H,1-2H3,(H,19,20). The molecule has 0 radical (unpaired) electrons. The first kappa shape index (κ1) is 15.7. The highest BCUT2D eigenvalue weighted by Gasteiger charge is 2.33. The number of carboxylic acid groups (broad SMARTS) is 1. The van der Waals surface area contributed by atoms with Gasteiger partial charge in [-0.05, 0) is 19.4 Å². The van der Waals surface area contributed by atoms with Crippen LogP contribution in [0.2, 0.25) is 0 Å². The van der Waals surface area contributed by atoms with Gasteiger partial charge in [0.15, 0.2) is 5.69 Å². The molecule has 2 unspecified atom stereocenters. The predicted molar refractivity (Wildman–Crippen MR) is 76.7 cm³/mol. The Morgan fingerprint density at radius 3 is 2.64 bits per heavy atom. The van der Waals surface area contributed by atoms with E-state index >= 15 is 0 Å². The maximum atomic E-state index is 11.6. The molecule has 1 aromatic carbocycles. The summed E-state index contributed by atoms with van der Waals surface area (Å²) in [5.74, 6) is -1.93. The molecule has 22 heavy (non-hydrogen) atoms. The minimum atomic E-state index is -1.14. The molecule has 1 heterocycles. The molecule has 0 fully saturated rings. The first-order valence-corrected chi connectivity index (χ1v) is 6.52. The van der Waals surface area contributed by atoms with E-state index in [1.54, 1.807) is 26.0 Å². The Kier molecular flexibility index (Phi) is 4.28. The molecular formula is C15H15N3O4. The van der Waals surface area contributed by atoms with Crippen LogP contribution in [0.25, 0.3) is 0 Å². The van der Waals surface area contributed by atoms with Gasteiger partial charge in [-0.1, -0.05) is 12.1 Å². The molecule has 0 spiro atoms. The highest BCUT2D eigenvalue weighted by Crippen LogP contribution is 2.38. The summed E-state index contributed by atoms with van der Waals surface area (Å²) in [6, 6.07) is 8.02. The Bertz CT molecular complexity index is 729. The van der Waals surface area contributed by atoms with E-state index in [2.05, 4.69) is 5.32 Å². The zero-order valence-corrected chi connectivity index (χ0v) is 12.0. The monoisotopic (exact) mass is 301 g/mol. The molecule has 2 rings (SSSR count). The van der Waals surface area contributed by atoms with Crippen LogP contribution in [0.5, 0.6) is 0 Å². The molecule has 1 aliphatic rings. The maximum absolute atomic E-state index is 11.6. The lowest BCUT2D eigenvalue weighted by Gasteiger charge is -2.27. The van der Waals surface area contributed by atoms with Crippen LogP contribution in [-0.4, -0.2) is 16.3 Å². The van der Waals surface area contributed by atoms with Gasteiger partial charge in [-0.2, -0.15) is 10.5 Å². The average Bonchev–Trinajstić information content (AvgIpc) is 2.46. The van der Waals surface area contributed by atoms with Gasteiger partial charge in [0, 0.05) is 23.5 Å². The molecule has 0 aromatic heterocycles. The fourth-order valence-corrected chi connectivity index (χ4v) is 2.61. The Labute approximate surface area is 126 Å². The number of nitrogens with zero attached hydrogens (tertiary/aromatic N) is 1. The second-order valence-electron chi connectivity index (χ2n) is 4.98. The molecular weight excluding hydrogens is 286 g/mol. The lowest BCUT2D eigenvalue weighted by Crippen LogP contribution is -2.99. The number of allylic oxidation sites excluding steroid dienone is 3. The summed E-state index contributed by atoms with van der Waals surface area (Å²) in [7, 11) is 0. The summed E-state index contributed by atoms with van der Waals surface area (Å²) in [6.07, 6.45) is 0. The molecule has 0 saturated carbocycles. The van der Waals surface area contributed by atoms with Crippen molar-refractivity contribution in [2.45, 2.75) is 19.8 Å². The maximum Gasteiger partial charge on any atom is 0.334 e. The number of nitrogens with one attached hydrogen (secondary N) is 2. The SMILES string of the molecule is CC1=C(C#N)C(c2cccc([NH+]([O-])O)c2)C(C(=O)O)=C(C)N1. The minimum absolute atomic E-state index is 0.0460. The number of nitriles is 1. The van der Waals surface area contributed by atoms with Crippen molar-refractivity contribution in [1.29, 1.82) is 5.26 Å². The predicted octanol–water partition coefficient (Wildman–Crippen LogP) is 0.933. The van der Waals surface area contributed by atoms with Crippen LogP contribution in [-0.2, 0) is 4.79 Å². The van der Waals surface area contributed by atoms with Gasteiger partial charge in [0.25, 0.3) is 0 Å². The van der Waals surface area contributed by atoms with E-state index in [0.29, 0.717) is 17.0 Å². The molecule has 1 aliphatic heterocycles. The van der Waals surface area contributed by atoms with Gasteiger partial charge in [0.2, 0.25) is 0 Å². The number of aliphatic carboxylic acids is 1. The number of carbonyl (C=O) groups is 1. The number of benzene rings is 1. The van der Waals surface area contributed by atoms with Crippen LogP contribution in [0.4, 0.5) is 5.69 Å². The van der Waals surface area contributed by atoms with Crippen LogP contribution in [0.15, 0.2) is 46.8 Å². The van der Waals surface area contributed by atoms with E-state index in [1.807, 2.05) is 6.07 Å². The molecule has 0 bridgehead atoms. The van der Waals surface area contributed by atoms with Crippen molar-refractivity contribution in [2.24, 2.45) is 0 Å². The molecule has 0 saturated heterocycles. The summed E-state index contributed by atoms with van der Waals surface area (Å²) in [6.45, 7) is 3.31. The number of hydrogen-bond donors (Lipinski definition) is 4. The number of carboxylic acids is 1. The molecule has 2 atom stereocenters. The second-order valence-corrected chi connectivity index (χ2v) is 4.98. The van der Waals surface area contributed by atoms with Gasteiger partial charge in [-0.25, -0.2) is 10.0 Å². The van der Waals surface area contributed by atoms with Crippen LogP contribution in [0.3, 0.4) is 0 Å². The lowest BCUT2D eigenvalue weighted by molar-refractivity contribution is -0.991. The summed E-state index contributed by atoms with van der Waals surface area (Å²) in [5.41, 5.74) is 1.84. The van der Waals surface area contributed by atoms with Crippen LogP contribution >= 0.6 is 0 Å². The third-order valence-electron chi connectivity index (χ3n) is 3.58. The van der Waals surface area contributed by atoms with Gasteiger partial charge >= 0.3 is 5.97 Å². The summed E-state index contributed by atoms with van der Waals surface area (Å²) < 4.78 is 0. The summed E-state index contributed by atoms with van der Waals surface area (Å²) >= 11 is 0. The van der Waals surface area contributed by atoms with Crippen LogP contribution < -0.4 is 10.5 Å². The molecule has 0 aliphatic carbocycles. The lowest BCUT2D eigenvalue weighted by atomic mass is 9.81. The van der Waals surface area contributed by atoms with Gasteiger partial charge in [0.05, 0.1) is 23.1 Å². The van der Waals surface area contributed by atoms with Crippen molar-refractivity contribution in [3.63, 3.8) is 0 Å². The summed E-state index contributed by atoms with van der Waals surface area (Å²) in [4.78, 5) is 11.6. The molecule has 1 aromatic rings. The van der Waals surface area contributed by atoms with Crippen molar-refractivity contribution in [3.8, 4) is 6.07 Å². The van der Waals surface area contributed by atoms with Crippen molar-refractivity contribution in [2.75, 3.05) is 0 Å². The fraction of sp³-hybridized carbons (Fsp3) is 0.200. The minimum Gasteiger partial charge on any atom is -0.595 e. The quantitative estimate of drug-likeness (QED) is 0.616. The van der Waals surface area contributed by atoms with Gasteiger partial charge in [-0.15, -0.1) is 0 Å². The molecule has 4 N–H and O–H groups in total. The van der Waals surface area contributed by atoms with E-state index in [-0.39, 0.29) is 16.8 Å². The first-order valence-electron chi connectivity index (χ1n) is 6.52.